The Hall–Kier alpha value is -1.23. The van der Waals surface area contributed by atoms with Gasteiger partial charge in [-0.3, -0.25) is 0 Å². The first-order valence-corrected chi connectivity index (χ1v) is 10.6. The van der Waals surface area contributed by atoms with Crippen LogP contribution >= 0.6 is 11.8 Å². The van der Waals surface area contributed by atoms with E-state index in [1.165, 1.54) is 26.7 Å². The molecule has 0 aromatic heterocycles. The van der Waals surface area contributed by atoms with Crippen LogP contribution in [0, 0.1) is 0 Å². The van der Waals surface area contributed by atoms with Gasteiger partial charge >= 0.3 is 0 Å². The van der Waals surface area contributed by atoms with E-state index in [4.69, 9.17) is 4.43 Å². The van der Waals surface area contributed by atoms with Crippen molar-refractivity contribution in [3.8, 4) is 0 Å². The molecular weight excluding hydrogens is 330 g/mol. The third-order valence-corrected chi connectivity index (χ3v) is 7.24. The molecule has 1 heterocycles. The summed E-state index contributed by atoms with van der Waals surface area (Å²) >= 11 is 1.87. The molecule has 0 radical (unpaired) electrons. The van der Waals surface area contributed by atoms with Crippen molar-refractivity contribution in [2.75, 3.05) is 11.9 Å². The zero-order valence-electron chi connectivity index (χ0n) is 15.5. The van der Waals surface area contributed by atoms with Gasteiger partial charge < -0.3 is 9.33 Å². The van der Waals surface area contributed by atoms with Gasteiger partial charge in [0.1, 0.15) is 0 Å². The topological polar surface area (TPSA) is 12.5 Å². The number of benzene rings is 2. The summed E-state index contributed by atoms with van der Waals surface area (Å²) in [6.45, 7) is 11.2. The minimum atomic E-state index is -0.618. The smallest absolute Gasteiger partial charge is 0.168 e. The highest BCUT2D eigenvalue weighted by Gasteiger charge is 2.31. The summed E-state index contributed by atoms with van der Waals surface area (Å²) in [4.78, 5) is 4.93. The molecule has 0 spiro atoms. The average Bonchev–Trinajstić information content (AvgIpc) is 2.52. The summed E-state index contributed by atoms with van der Waals surface area (Å²) in [6, 6.07) is 15.2. The Morgan fingerprint density at radius 3 is 2.29 bits per heavy atom. The molecule has 0 aliphatic carbocycles. The molecule has 1 aliphatic rings. The SMILES string of the molecule is CN1c2ccccc2Sc2c1cccc2C(C)(C)O[SiH2]C(C)(C)C. The minimum absolute atomic E-state index is 0.259. The highest BCUT2D eigenvalue weighted by Crippen LogP contribution is 2.51. The van der Waals surface area contributed by atoms with Crippen LogP contribution in [0.4, 0.5) is 11.4 Å². The van der Waals surface area contributed by atoms with Crippen LogP contribution in [0.2, 0.25) is 5.04 Å². The Bertz CT molecular complexity index is 752. The molecule has 0 fully saturated rings. The quantitative estimate of drug-likeness (QED) is 0.676. The van der Waals surface area contributed by atoms with Crippen LogP contribution in [-0.4, -0.2) is 16.8 Å². The molecule has 0 unspecified atom stereocenters. The second-order valence-corrected chi connectivity index (χ2v) is 11.9. The zero-order chi connectivity index (χ0) is 17.5. The van der Waals surface area contributed by atoms with Gasteiger partial charge in [0.25, 0.3) is 0 Å². The number of hydrogen-bond donors (Lipinski definition) is 0. The lowest BCUT2D eigenvalue weighted by Crippen LogP contribution is -2.29. The molecule has 0 N–H and O–H groups in total. The Kier molecular flexibility index (Phi) is 4.58. The lowest BCUT2D eigenvalue weighted by atomic mass is 9.97. The van der Waals surface area contributed by atoms with Gasteiger partial charge in [0, 0.05) is 16.8 Å². The Balaban J connectivity index is 2.00. The lowest BCUT2D eigenvalue weighted by Gasteiger charge is -2.36. The van der Waals surface area contributed by atoms with Crippen LogP contribution in [0.3, 0.4) is 0 Å². The largest absolute Gasteiger partial charge is 0.415 e. The Morgan fingerprint density at radius 2 is 1.58 bits per heavy atom. The normalized spacial score (nSPS) is 14.8. The maximum atomic E-state index is 6.48. The van der Waals surface area contributed by atoms with E-state index in [0.717, 1.165) is 0 Å². The summed E-state index contributed by atoms with van der Waals surface area (Å²) in [5.74, 6) is 0. The van der Waals surface area contributed by atoms with Crippen molar-refractivity contribution in [2.24, 2.45) is 0 Å². The predicted octanol–water partition coefficient (Wildman–Crippen LogP) is 5.47. The van der Waals surface area contributed by atoms with Gasteiger partial charge in [0.2, 0.25) is 0 Å². The first-order chi connectivity index (χ1) is 11.2. The first kappa shape index (κ1) is 17.6. The van der Waals surface area contributed by atoms with Crippen molar-refractivity contribution in [3.05, 3.63) is 48.0 Å². The molecule has 0 saturated carbocycles. The molecule has 128 valence electrons. The summed E-state index contributed by atoms with van der Waals surface area (Å²) < 4.78 is 6.48. The van der Waals surface area contributed by atoms with Gasteiger partial charge in [-0.25, -0.2) is 0 Å². The molecule has 3 rings (SSSR count). The minimum Gasteiger partial charge on any atom is -0.415 e. The van der Waals surface area contributed by atoms with E-state index in [1.807, 2.05) is 11.8 Å². The van der Waals surface area contributed by atoms with Crippen LogP contribution in [0.25, 0.3) is 0 Å². The maximum Gasteiger partial charge on any atom is 0.168 e. The van der Waals surface area contributed by atoms with Gasteiger partial charge in [-0.1, -0.05) is 56.8 Å². The van der Waals surface area contributed by atoms with Crippen LogP contribution in [0.5, 0.6) is 0 Å². The van der Waals surface area contributed by atoms with Crippen LogP contribution in [0.1, 0.15) is 40.2 Å². The van der Waals surface area contributed by atoms with Crippen molar-refractivity contribution >= 4 is 32.9 Å². The van der Waals surface area contributed by atoms with Crippen molar-refractivity contribution in [3.63, 3.8) is 0 Å². The predicted molar refractivity (Wildman–Crippen MR) is 107 cm³/mol. The molecular formula is C20H27NOSSi. The standard InChI is InChI=1S/C20H27NOSSi/c1-19(2,3)24-22-20(4,5)14-10-9-12-16-18(14)23-17-13-8-7-11-15(17)21(16)6/h7-13H,24H2,1-6H3. The van der Waals surface area contributed by atoms with E-state index >= 15 is 0 Å². The van der Waals surface area contributed by atoms with Gasteiger partial charge in [-0.05, 0) is 42.6 Å². The van der Waals surface area contributed by atoms with E-state index in [1.54, 1.807) is 0 Å². The van der Waals surface area contributed by atoms with E-state index < -0.39 is 9.76 Å². The van der Waals surface area contributed by atoms with Crippen molar-refractivity contribution < 1.29 is 4.43 Å². The molecule has 1 aliphatic heterocycles. The number of para-hydroxylation sites is 1. The fourth-order valence-corrected chi connectivity index (χ4v) is 5.26. The van der Waals surface area contributed by atoms with E-state index in [-0.39, 0.29) is 5.60 Å². The van der Waals surface area contributed by atoms with Gasteiger partial charge in [-0.15, -0.1) is 0 Å². The molecule has 0 amide bonds. The Morgan fingerprint density at radius 1 is 0.917 bits per heavy atom. The summed E-state index contributed by atoms with van der Waals surface area (Å²) in [7, 11) is 1.53. The van der Waals surface area contributed by atoms with E-state index in [0.29, 0.717) is 5.04 Å². The number of fused-ring (bicyclic) bond motifs is 2. The van der Waals surface area contributed by atoms with E-state index in [9.17, 15) is 0 Å². The first-order valence-electron chi connectivity index (χ1n) is 8.47. The molecule has 2 nitrogen and oxygen atoms in total. The number of nitrogens with zero attached hydrogens (tertiary/aromatic N) is 1. The molecule has 0 saturated heterocycles. The highest BCUT2D eigenvalue weighted by atomic mass is 32.2. The number of anilines is 2. The van der Waals surface area contributed by atoms with Crippen LogP contribution < -0.4 is 4.90 Å². The monoisotopic (exact) mass is 357 g/mol. The zero-order valence-corrected chi connectivity index (χ0v) is 17.7. The third kappa shape index (κ3) is 3.41. The summed E-state index contributed by atoms with van der Waals surface area (Å²) in [6.07, 6.45) is 0. The van der Waals surface area contributed by atoms with Gasteiger partial charge in [0.05, 0.1) is 17.0 Å². The molecule has 0 atom stereocenters. The van der Waals surface area contributed by atoms with E-state index in [2.05, 4.69) is 89.0 Å². The maximum absolute atomic E-state index is 6.48. The average molecular weight is 358 g/mol. The van der Waals surface area contributed by atoms with Gasteiger partial charge in [-0.2, -0.15) is 0 Å². The Labute approximate surface area is 152 Å². The molecule has 2 aromatic rings. The second-order valence-electron chi connectivity index (χ2n) is 8.14. The molecule has 4 heteroatoms. The fraction of sp³-hybridized carbons (Fsp3) is 0.400. The number of rotatable bonds is 3. The molecule has 0 bridgehead atoms. The highest BCUT2D eigenvalue weighted by molar-refractivity contribution is 7.99. The number of hydrogen-bond acceptors (Lipinski definition) is 3. The summed E-state index contributed by atoms with van der Waals surface area (Å²) in [5.41, 5.74) is 3.58. The molecule has 24 heavy (non-hydrogen) atoms. The third-order valence-electron chi connectivity index (χ3n) is 4.31. The van der Waals surface area contributed by atoms with Crippen molar-refractivity contribution in [1.29, 1.82) is 0 Å². The fourth-order valence-electron chi connectivity index (χ4n) is 2.91. The summed E-state index contributed by atoms with van der Waals surface area (Å²) in [5, 5.41) is 0.294. The van der Waals surface area contributed by atoms with Crippen molar-refractivity contribution in [2.45, 2.75) is 55.0 Å². The van der Waals surface area contributed by atoms with Crippen LogP contribution in [0.15, 0.2) is 52.3 Å². The van der Waals surface area contributed by atoms with Crippen LogP contribution in [-0.2, 0) is 10.0 Å². The second kappa shape index (κ2) is 6.25. The molecule has 2 aromatic carbocycles. The van der Waals surface area contributed by atoms with Gasteiger partial charge in [0.15, 0.2) is 9.76 Å². The van der Waals surface area contributed by atoms with Crippen molar-refractivity contribution in [1.82, 2.24) is 0 Å². The lowest BCUT2D eigenvalue weighted by molar-refractivity contribution is 0.106.